The Morgan fingerprint density at radius 3 is 2.23 bits per heavy atom. The first-order chi connectivity index (χ1) is 16.3. The lowest BCUT2D eigenvalue weighted by atomic mass is 9.95. The molecule has 0 spiro atoms. The van der Waals surface area contributed by atoms with E-state index in [1.165, 1.54) is 4.90 Å². The van der Waals surface area contributed by atoms with Gasteiger partial charge < -0.3 is 25.4 Å². The summed E-state index contributed by atoms with van der Waals surface area (Å²) in [5.74, 6) is -1.01. The molecule has 1 aromatic rings. The lowest BCUT2D eigenvalue weighted by Gasteiger charge is -2.36. The summed E-state index contributed by atoms with van der Waals surface area (Å²) in [6.45, 7) is 16.7. The average molecular weight is 492 g/mol. The number of carbonyl (C=O) groups is 3. The van der Waals surface area contributed by atoms with Crippen molar-refractivity contribution in [2.24, 2.45) is 5.92 Å². The molecule has 3 N–H and O–H groups in total. The number of hydrogen-bond donors (Lipinski definition) is 3. The Kier molecular flexibility index (Phi) is 11.5. The van der Waals surface area contributed by atoms with Crippen LogP contribution in [0.2, 0.25) is 0 Å². The summed E-state index contributed by atoms with van der Waals surface area (Å²) in [6.07, 6.45) is 1.62. The molecule has 4 unspecified atom stereocenters. The second kappa shape index (κ2) is 13.4. The predicted octanol–water partition coefficient (Wildman–Crippen LogP) is 4.83. The number of carbonyl (C=O) groups excluding carboxylic acids is 3. The van der Waals surface area contributed by atoms with Crippen LogP contribution in [0.25, 0.3) is 0 Å². The second-order valence-electron chi connectivity index (χ2n) is 10.2. The zero-order chi connectivity index (χ0) is 26.9. The normalized spacial score (nSPS) is 14.9. The van der Waals surface area contributed by atoms with E-state index in [0.29, 0.717) is 17.5 Å². The van der Waals surface area contributed by atoms with Gasteiger partial charge in [-0.15, -0.1) is 0 Å². The molecule has 4 atom stereocenters. The average Bonchev–Trinajstić information content (AvgIpc) is 2.75. The molecule has 0 saturated carbocycles. The van der Waals surface area contributed by atoms with Crippen molar-refractivity contribution < 1.29 is 24.2 Å². The molecular weight excluding hydrogens is 446 g/mol. The number of para-hydroxylation sites is 1. The summed E-state index contributed by atoms with van der Waals surface area (Å²) < 4.78 is 5.39. The number of ether oxygens (including phenoxy) is 1. The van der Waals surface area contributed by atoms with Crippen molar-refractivity contribution in [3.05, 3.63) is 29.3 Å². The maximum absolute atomic E-state index is 13.9. The van der Waals surface area contributed by atoms with Crippen LogP contribution in [0.1, 0.15) is 91.8 Å². The predicted molar refractivity (Wildman–Crippen MR) is 138 cm³/mol. The first-order valence-corrected chi connectivity index (χ1v) is 12.7. The number of phenols is 1. The van der Waals surface area contributed by atoms with Gasteiger partial charge in [0.05, 0.1) is 0 Å². The third kappa shape index (κ3) is 8.75. The van der Waals surface area contributed by atoms with Gasteiger partial charge in [0.15, 0.2) is 0 Å². The quantitative estimate of drug-likeness (QED) is 0.411. The molecule has 8 nitrogen and oxygen atoms in total. The van der Waals surface area contributed by atoms with Crippen LogP contribution < -0.4 is 10.6 Å². The van der Waals surface area contributed by atoms with Gasteiger partial charge in [0, 0.05) is 18.2 Å². The molecule has 1 aromatic carbocycles. The lowest BCUT2D eigenvalue weighted by Crippen LogP contribution is -2.55. The monoisotopic (exact) mass is 491 g/mol. The molecule has 0 aliphatic rings. The van der Waals surface area contributed by atoms with Crippen LogP contribution in [-0.4, -0.2) is 52.1 Å². The van der Waals surface area contributed by atoms with Gasteiger partial charge in [-0.3, -0.25) is 9.59 Å². The van der Waals surface area contributed by atoms with E-state index in [1.807, 2.05) is 27.7 Å². The molecule has 3 amide bonds. The van der Waals surface area contributed by atoms with Crippen LogP contribution in [0, 0.1) is 12.8 Å². The Bertz CT molecular complexity index is 865. The molecule has 0 radical (unpaired) electrons. The maximum Gasteiger partial charge on any atom is 0.408 e. The minimum Gasteiger partial charge on any atom is -0.507 e. The third-order valence-corrected chi connectivity index (χ3v) is 6.01. The number of nitrogens with one attached hydrogen (secondary N) is 2. The second-order valence-corrected chi connectivity index (χ2v) is 10.2. The van der Waals surface area contributed by atoms with Crippen molar-refractivity contribution in [1.29, 1.82) is 0 Å². The number of hydrogen-bond acceptors (Lipinski definition) is 5. The summed E-state index contributed by atoms with van der Waals surface area (Å²) in [4.78, 5) is 41.4. The van der Waals surface area contributed by atoms with Crippen molar-refractivity contribution in [3.8, 4) is 5.75 Å². The van der Waals surface area contributed by atoms with Gasteiger partial charge in [0.1, 0.15) is 23.4 Å². The fourth-order valence-electron chi connectivity index (χ4n) is 3.94. The van der Waals surface area contributed by atoms with E-state index in [0.717, 1.165) is 12.8 Å². The summed E-state index contributed by atoms with van der Waals surface area (Å²) in [5, 5.41) is 16.6. The summed E-state index contributed by atoms with van der Waals surface area (Å²) in [7, 11) is 0. The van der Waals surface area contributed by atoms with E-state index in [-0.39, 0.29) is 30.2 Å². The fraction of sp³-hybridized carbons (Fsp3) is 0.667. The van der Waals surface area contributed by atoms with E-state index in [9.17, 15) is 19.5 Å². The van der Waals surface area contributed by atoms with E-state index >= 15 is 0 Å². The fourth-order valence-corrected chi connectivity index (χ4v) is 3.94. The van der Waals surface area contributed by atoms with Gasteiger partial charge in [0.25, 0.3) is 0 Å². The molecule has 198 valence electrons. The zero-order valence-electron chi connectivity index (χ0n) is 22.9. The summed E-state index contributed by atoms with van der Waals surface area (Å²) in [5.41, 5.74) is 0.236. The lowest BCUT2D eigenvalue weighted by molar-refractivity contribution is -0.143. The van der Waals surface area contributed by atoms with Crippen LogP contribution in [0.15, 0.2) is 18.2 Å². The minimum absolute atomic E-state index is 0.0257. The number of phenolic OH excluding ortho intramolecular Hbond substituents is 1. The highest BCUT2D eigenvalue weighted by molar-refractivity contribution is 5.92. The van der Waals surface area contributed by atoms with Crippen molar-refractivity contribution in [1.82, 2.24) is 15.5 Å². The SMILES string of the molecule is CCCC(C)NC(=O)C(c1cccc(C)c1O)N(CC)C(=O)C(NC(=O)OC(C)(C)C)C(C)CC. The number of rotatable bonds is 11. The molecular formula is C27H45N3O5. The van der Waals surface area contributed by atoms with Crippen molar-refractivity contribution in [3.63, 3.8) is 0 Å². The van der Waals surface area contributed by atoms with Crippen molar-refractivity contribution in [2.75, 3.05) is 6.54 Å². The van der Waals surface area contributed by atoms with Crippen LogP contribution in [0.3, 0.4) is 0 Å². The molecule has 1 rings (SSSR count). The smallest absolute Gasteiger partial charge is 0.408 e. The summed E-state index contributed by atoms with van der Waals surface area (Å²) in [6, 6.07) is 3.11. The number of aryl methyl sites for hydroxylation is 1. The Morgan fingerprint density at radius 1 is 1.09 bits per heavy atom. The zero-order valence-corrected chi connectivity index (χ0v) is 22.9. The van der Waals surface area contributed by atoms with Gasteiger partial charge in [-0.2, -0.15) is 0 Å². The van der Waals surface area contributed by atoms with E-state index in [4.69, 9.17) is 4.74 Å². The Morgan fingerprint density at radius 2 is 1.71 bits per heavy atom. The minimum atomic E-state index is -1.06. The standard InChI is InChI=1S/C27H45N3O5/c1-10-14-19(6)28-24(32)22(20-16-13-15-18(5)23(20)31)30(12-3)25(33)21(17(4)11-2)29-26(34)35-27(7,8)9/h13,15-17,19,21-22,31H,10-12,14H2,1-9H3,(H,28,32)(H,29,34). The van der Waals surface area contributed by atoms with Gasteiger partial charge in [0.2, 0.25) is 11.8 Å². The third-order valence-electron chi connectivity index (χ3n) is 6.01. The van der Waals surface area contributed by atoms with Crippen LogP contribution in [0.4, 0.5) is 4.79 Å². The molecule has 0 aliphatic heterocycles. The molecule has 8 heteroatoms. The highest BCUT2D eigenvalue weighted by Crippen LogP contribution is 2.32. The Balaban J connectivity index is 3.47. The van der Waals surface area contributed by atoms with E-state index in [2.05, 4.69) is 10.6 Å². The van der Waals surface area contributed by atoms with Crippen LogP contribution in [-0.2, 0) is 14.3 Å². The first-order valence-electron chi connectivity index (χ1n) is 12.7. The highest BCUT2D eigenvalue weighted by atomic mass is 16.6. The topological polar surface area (TPSA) is 108 Å². The van der Waals surface area contributed by atoms with Crippen LogP contribution >= 0.6 is 0 Å². The van der Waals surface area contributed by atoms with Crippen molar-refractivity contribution >= 4 is 17.9 Å². The van der Waals surface area contributed by atoms with Gasteiger partial charge in [-0.1, -0.05) is 51.8 Å². The van der Waals surface area contributed by atoms with Gasteiger partial charge >= 0.3 is 6.09 Å². The number of alkyl carbamates (subject to hydrolysis) is 1. The largest absolute Gasteiger partial charge is 0.507 e. The molecule has 0 bridgehead atoms. The number of benzene rings is 1. The maximum atomic E-state index is 13.9. The number of likely N-dealkylation sites (N-methyl/N-ethyl adjacent to an activating group) is 1. The molecule has 0 heterocycles. The molecule has 0 saturated heterocycles. The first kappa shape index (κ1) is 30.3. The van der Waals surface area contributed by atoms with E-state index in [1.54, 1.807) is 52.8 Å². The van der Waals surface area contributed by atoms with Crippen molar-refractivity contribution in [2.45, 2.75) is 105 Å². The number of nitrogens with zero attached hydrogens (tertiary/aromatic N) is 1. The van der Waals surface area contributed by atoms with Crippen LogP contribution in [0.5, 0.6) is 5.75 Å². The molecule has 35 heavy (non-hydrogen) atoms. The Labute approximate surface area is 210 Å². The van der Waals surface area contributed by atoms with Gasteiger partial charge in [-0.25, -0.2) is 4.79 Å². The molecule has 0 aliphatic carbocycles. The molecule has 0 fully saturated rings. The highest BCUT2D eigenvalue weighted by Gasteiger charge is 2.38. The number of aromatic hydroxyl groups is 1. The van der Waals surface area contributed by atoms with E-state index < -0.39 is 29.7 Å². The number of amides is 3. The molecule has 0 aromatic heterocycles. The Hall–Kier alpha value is -2.77. The van der Waals surface area contributed by atoms with Gasteiger partial charge in [-0.05, 0) is 59.4 Å². The summed E-state index contributed by atoms with van der Waals surface area (Å²) >= 11 is 0.